The average Bonchev–Trinajstić information content (AvgIpc) is 3.02. The number of nitrogens with zero attached hydrogens (tertiary/aromatic N) is 4. The molecule has 1 aliphatic heterocycles. The van der Waals surface area contributed by atoms with Crippen LogP contribution in [0.1, 0.15) is 38.7 Å². The lowest BCUT2D eigenvalue weighted by Gasteiger charge is -2.26. The van der Waals surface area contributed by atoms with Gasteiger partial charge < -0.3 is 0 Å². The van der Waals surface area contributed by atoms with Crippen LogP contribution in [0.15, 0.2) is 34.6 Å². The zero-order chi connectivity index (χ0) is 20.5. The topological polar surface area (TPSA) is 115 Å². The largest absolute Gasteiger partial charge is 0.276 e. The highest BCUT2D eigenvalue weighted by Crippen LogP contribution is 2.40. The number of aromatic nitrogens is 2. The molecule has 8 nitrogen and oxygen atoms in total. The van der Waals surface area contributed by atoms with Crippen LogP contribution in [0.4, 0.5) is 5.82 Å². The van der Waals surface area contributed by atoms with E-state index in [1.54, 1.807) is 32.9 Å². The van der Waals surface area contributed by atoms with Crippen molar-refractivity contribution >= 4 is 32.5 Å². The van der Waals surface area contributed by atoms with Gasteiger partial charge in [0.15, 0.2) is 11.5 Å². The van der Waals surface area contributed by atoms with E-state index < -0.39 is 21.9 Å². The Morgan fingerprint density at radius 3 is 2.79 bits per heavy atom. The number of allylic oxidation sites excluding steroid dienone is 2. The van der Waals surface area contributed by atoms with Crippen LogP contribution in [0.2, 0.25) is 0 Å². The molecule has 1 aromatic carbocycles. The number of anilines is 1. The van der Waals surface area contributed by atoms with Gasteiger partial charge in [-0.05, 0) is 38.0 Å². The molecule has 0 aliphatic carbocycles. The van der Waals surface area contributed by atoms with Crippen LogP contribution in [0.25, 0.3) is 15.7 Å². The number of benzene rings is 1. The number of fused-ring (bicyclic) bond motifs is 1. The molecule has 1 aliphatic rings. The van der Waals surface area contributed by atoms with Gasteiger partial charge in [0.1, 0.15) is 0 Å². The monoisotopic (exact) mass is 396 g/mol. The predicted octanol–water partition coefficient (Wildman–Crippen LogP) is 3.56. The van der Waals surface area contributed by atoms with Crippen molar-refractivity contribution in [1.82, 2.24) is 10.2 Å². The summed E-state index contributed by atoms with van der Waals surface area (Å²) in [5.74, 6) is -0.804. The fourth-order valence-electron chi connectivity index (χ4n) is 3.45. The van der Waals surface area contributed by atoms with Crippen LogP contribution in [0.3, 0.4) is 0 Å². The lowest BCUT2D eigenvalue weighted by molar-refractivity contribution is 0.599. The van der Waals surface area contributed by atoms with Crippen molar-refractivity contribution in [2.75, 3.05) is 10.5 Å². The maximum atomic E-state index is 12.1. The highest BCUT2D eigenvalue weighted by Gasteiger charge is 2.34. The molecule has 2 atom stereocenters. The number of hydrogen-bond donors (Lipinski definition) is 2. The van der Waals surface area contributed by atoms with Gasteiger partial charge in [0.25, 0.3) is 0 Å². The zero-order valence-corrected chi connectivity index (χ0v) is 16.6. The summed E-state index contributed by atoms with van der Waals surface area (Å²) >= 11 is 0. The fourth-order valence-corrected chi connectivity index (χ4v) is 4.54. The molecule has 0 saturated carbocycles. The number of nitrogens with one attached hydrogen (secondary N) is 2. The Bertz CT molecular complexity index is 1180. The maximum Gasteiger partial charge on any atom is 0.233 e. The molecule has 2 N–H and O–H groups in total. The van der Waals surface area contributed by atoms with E-state index >= 15 is 0 Å². The van der Waals surface area contributed by atoms with E-state index in [1.807, 2.05) is 6.07 Å². The molecule has 2 heterocycles. The third kappa shape index (κ3) is 3.49. The molecule has 0 fully saturated rings. The summed E-state index contributed by atoms with van der Waals surface area (Å²) in [6.45, 7) is 12.9. The molecular formula is C19H20N6O2S. The Hall–Kier alpha value is -3.17. The van der Waals surface area contributed by atoms with Crippen LogP contribution in [-0.2, 0) is 10.0 Å². The van der Waals surface area contributed by atoms with Gasteiger partial charge in [-0.1, -0.05) is 13.0 Å². The predicted molar refractivity (Wildman–Crippen MR) is 108 cm³/mol. The highest BCUT2D eigenvalue weighted by molar-refractivity contribution is 7.92. The molecule has 2 aromatic rings. The normalized spacial score (nSPS) is 19.8. The zero-order valence-electron chi connectivity index (χ0n) is 15.8. The Kier molecular flexibility index (Phi) is 5.21. The first-order chi connectivity index (χ1) is 13.3. The fraction of sp³-hybridized carbons (Fsp3) is 0.368. The minimum Gasteiger partial charge on any atom is -0.276 e. The Balaban J connectivity index is 2.12. The maximum absolute atomic E-state index is 12.1. The first-order valence-corrected chi connectivity index (χ1v) is 10.5. The average molecular weight is 396 g/mol. The summed E-state index contributed by atoms with van der Waals surface area (Å²) in [6, 6.07) is 7.65. The molecule has 144 valence electrons. The van der Waals surface area contributed by atoms with Crippen LogP contribution in [0.5, 0.6) is 0 Å². The van der Waals surface area contributed by atoms with Crippen molar-refractivity contribution in [2.45, 2.75) is 33.1 Å². The summed E-state index contributed by atoms with van der Waals surface area (Å²) in [5.41, 5.74) is 3.09. The van der Waals surface area contributed by atoms with Gasteiger partial charge in [-0.25, -0.2) is 13.3 Å². The number of aromatic amines is 1. The summed E-state index contributed by atoms with van der Waals surface area (Å²) in [5, 5.41) is 17.2. The third-order valence-corrected chi connectivity index (χ3v) is 6.17. The molecule has 1 aromatic heterocycles. The summed E-state index contributed by atoms with van der Waals surface area (Å²) in [4.78, 5) is 7.98. The minimum absolute atomic E-state index is 0.000359. The van der Waals surface area contributed by atoms with E-state index in [0.717, 1.165) is 5.56 Å². The van der Waals surface area contributed by atoms with Crippen molar-refractivity contribution in [3.8, 4) is 6.07 Å². The molecule has 3 rings (SSSR count). The van der Waals surface area contributed by atoms with Crippen molar-refractivity contribution in [1.29, 1.82) is 5.26 Å². The second kappa shape index (κ2) is 7.45. The van der Waals surface area contributed by atoms with E-state index in [-0.39, 0.29) is 11.6 Å². The van der Waals surface area contributed by atoms with Gasteiger partial charge in [0.2, 0.25) is 10.0 Å². The van der Waals surface area contributed by atoms with Gasteiger partial charge in [0.05, 0.1) is 29.8 Å². The molecule has 28 heavy (non-hydrogen) atoms. The molecule has 0 spiro atoms. The lowest BCUT2D eigenvalue weighted by Crippen LogP contribution is -2.24. The van der Waals surface area contributed by atoms with Gasteiger partial charge in [-0.3, -0.25) is 14.8 Å². The summed E-state index contributed by atoms with van der Waals surface area (Å²) in [7, 11) is -3.49. The number of hydrogen-bond acceptors (Lipinski definition) is 5. The van der Waals surface area contributed by atoms with Crippen molar-refractivity contribution < 1.29 is 8.42 Å². The highest BCUT2D eigenvalue weighted by atomic mass is 32.2. The van der Waals surface area contributed by atoms with Crippen molar-refractivity contribution in [3.63, 3.8) is 0 Å². The molecule has 0 radical (unpaired) electrons. The molecule has 0 saturated heterocycles. The van der Waals surface area contributed by atoms with E-state index in [4.69, 9.17) is 6.57 Å². The number of H-pyrrole nitrogens is 1. The molecule has 2 unspecified atom stereocenters. The molecule has 9 heteroatoms. The smallest absolute Gasteiger partial charge is 0.233 e. The van der Waals surface area contributed by atoms with E-state index in [9.17, 15) is 13.7 Å². The summed E-state index contributed by atoms with van der Waals surface area (Å²) < 4.78 is 26.8. The minimum atomic E-state index is -3.49. The van der Waals surface area contributed by atoms with Gasteiger partial charge >= 0.3 is 0 Å². The van der Waals surface area contributed by atoms with Gasteiger partial charge in [-0.15, -0.1) is 0 Å². The first kappa shape index (κ1) is 19.6. The standard InChI is InChI=1S/C19H20N6O2S/c1-5-8-28(26,27)25-19-14-9-13(6-7-16(14)23-24-19)17-15(10-20)11(2)22-12(3)18(17)21-4/h6-7,9,15,17H,5,8H2,1-3H3,(H2,23,24,25). The molecule has 0 bridgehead atoms. The van der Waals surface area contributed by atoms with E-state index in [0.29, 0.717) is 34.4 Å². The van der Waals surface area contributed by atoms with Crippen LogP contribution in [0, 0.1) is 23.8 Å². The Labute approximate surface area is 163 Å². The lowest BCUT2D eigenvalue weighted by atomic mass is 9.79. The molecular weight excluding hydrogens is 376 g/mol. The number of nitriles is 1. The Morgan fingerprint density at radius 1 is 1.39 bits per heavy atom. The number of aliphatic imine (C=N–C) groups is 1. The van der Waals surface area contributed by atoms with E-state index in [1.165, 1.54) is 0 Å². The van der Waals surface area contributed by atoms with Crippen LogP contribution < -0.4 is 4.72 Å². The van der Waals surface area contributed by atoms with Crippen molar-refractivity contribution in [3.05, 3.63) is 46.6 Å². The van der Waals surface area contributed by atoms with Crippen LogP contribution >= 0.6 is 0 Å². The second-order valence-electron chi connectivity index (χ2n) is 6.72. The van der Waals surface area contributed by atoms with Crippen LogP contribution in [-0.4, -0.2) is 30.1 Å². The van der Waals surface area contributed by atoms with Gasteiger partial charge in [-0.2, -0.15) is 10.4 Å². The number of rotatable bonds is 5. The van der Waals surface area contributed by atoms with E-state index in [2.05, 4.69) is 30.8 Å². The van der Waals surface area contributed by atoms with Crippen molar-refractivity contribution in [2.24, 2.45) is 10.9 Å². The SMILES string of the molecule is [C-]#[N+]C1=C(C)N=C(C)C(C#N)C1c1ccc2[nH]nc(NS(=O)(=O)CCC)c2c1. The molecule has 0 amide bonds. The second-order valence-corrected chi connectivity index (χ2v) is 8.56. The Morgan fingerprint density at radius 2 is 2.14 bits per heavy atom. The quantitative estimate of drug-likeness (QED) is 0.752. The van der Waals surface area contributed by atoms with Gasteiger partial charge in [0, 0.05) is 22.7 Å². The third-order valence-electron chi connectivity index (χ3n) is 4.72. The first-order valence-electron chi connectivity index (χ1n) is 8.82. The number of sulfonamides is 1. The summed E-state index contributed by atoms with van der Waals surface area (Å²) in [6.07, 6.45) is 0.492.